The van der Waals surface area contributed by atoms with Crippen molar-refractivity contribution >= 4 is 5.91 Å². The van der Waals surface area contributed by atoms with Crippen LogP contribution >= 0.6 is 0 Å². The molecule has 1 heterocycles. The zero-order valence-electron chi connectivity index (χ0n) is 10.2. The van der Waals surface area contributed by atoms with Gasteiger partial charge in [-0.15, -0.1) is 0 Å². The van der Waals surface area contributed by atoms with Gasteiger partial charge in [0.05, 0.1) is 12.7 Å². The van der Waals surface area contributed by atoms with Gasteiger partial charge in [0, 0.05) is 20.1 Å². The van der Waals surface area contributed by atoms with Crippen LogP contribution in [0.25, 0.3) is 0 Å². The summed E-state index contributed by atoms with van der Waals surface area (Å²) in [6.07, 6.45) is 3.88. The molecule has 0 spiro atoms. The molecule has 0 unspecified atom stereocenters. The molecule has 92 valence electrons. The van der Waals surface area contributed by atoms with Crippen LogP contribution in [0, 0.1) is 5.92 Å². The van der Waals surface area contributed by atoms with Crippen molar-refractivity contribution in [3.8, 4) is 0 Å². The minimum absolute atomic E-state index is 0.00918. The van der Waals surface area contributed by atoms with Gasteiger partial charge in [-0.1, -0.05) is 6.42 Å². The second kappa shape index (κ2) is 5.15. The third-order valence-electron chi connectivity index (χ3n) is 3.72. The fourth-order valence-electron chi connectivity index (χ4n) is 2.40. The Labute approximate surface area is 97.3 Å². The maximum atomic E-state index is 12.2. The maximum absolute atomic E-state index is 12.2. The van der Waals surface area contributed by atoms with E-state index in [1.54, 1.807) is 0 Å². The summed E-state index contributed by atoms with van der Waals surface area (Å²) >= 11 is 0. The summed E-state index contributed by atoms with van der Waals surface area (Å²) in [6.45, 7) is 4.35. The van der Waals surface area contributed by atoms with Crippen molar-refractivity contribution in [2.75, 3.05) is 26.7 Å². The molecule has 1 N–H and O–H groups in total. The van der Waals surface area contributed by atoms with Gasteiger partial charge in [-0.25, -0.2) is 0 Å². The molecule has 0 aromatic heterocycles. The Morgan fingerprint density at radius 2 is 2.25 bits per heavy atom. The van der Waals surface area contributed by atoms with Crippen molar-refractivity contribution in [2.24, 2.45) is 5.92 Å². The van der Waals surface area contributed by atoms with Gasteiger partial charge < -0.3 is 15.0 Å². The van der Waals surface area contributed by atoms with Gasteiger partial charge >= 0.3 is 0 Å². The number of rotatable bonds is 3. The molecule has 1 saturated heterocycles. The lowest BCUT2D eigenvalue weighted by atomic mass is 9.85. The highest BCUT2D eigenvalue weighted by Gasteiger charge is 2.31. The third-order valence-corrected chi connectivity index (χ3v) is 3.72. The van der Waals surface area contributed by atoms with Crippen LogP contribution in [0.3, 0.4) is 0 Å². The zero-order chi connectivity index (χ0) is 11.5. The van der Waals surface area contributed by atoms with Crippen LogP contribution in [0.4, 0.5) is 0 Å². The van der Waals surface area contributed by atoms with Crippen molar-refractivity contribution < 1.29 is 9.53 Å². The number of carbonyl (C=O) groups excluding carboxylic acids is 1. The number of hydrogen-bond acceptors (Lipinski definition) is 3. The third kappa shape index (κ3) is 2.55. The molecule has 2 fully saturated rings. The fraction of sp³-hybridized carbons (Fsp3) is 0.917. The van der Waals surface area contributed by atoms with E-state index in [9.17, 15) is 4.79 Å². The molecule has 4 heteroatoms. The molecule has 16 heavy (non-hydrogen) atoms. The number of morpholine rings is 1. The van der Waals surface area contributed by atoms with E-state index in [1.165, 1.54) is 19.3 Å². The molecule has 2 aliphatic rings. The van der Waals surface area contributed by atoms with Crippen molar-refractivity contribution in [1.29, 1.82) is 0 Å². The predicted octanol–water partition coefficient (Wildman–Crippen LogP) is 0.622. The Morgan fingerprint density at radius 1 is 1.50 bits per heavy atom. The van der Waals surface area contributed by atoms with Crippen LogP contribution in [-0.4, -0.2) is 49.7 Å². The quantitative estimate of drug-likeness (QED) is 0.767. The number of hydrogen-bond donors (Lipinski definition) is 1. The fourth-order valence-corrected chi connectivity index (χ4v) is 2.40. The summed E-state index contributed by atoms with van der Waals surface area (Å²) < 4.78 is 5.50. The van der Waals surface area contributed by atoms with E-state index in [-0.39, 0.29) is 18.1 Å². The van der Waals surface area contributed by atoms with Crippen LogP contribution in [0.1, 0.15) is 26.2 Å². The highest BCUT2D eigenvalue weighted by Crippen LogP contribution is 2.27. The van der Waals surface area contributed by atoms with Gasteiger partial charge in [-0.2, -0.15) is 0 Å². The van der Waals surface area contributed by atoms with Gasteiger partial charge in [-0.05, 0) is 25.7 Å². The second-order valence-electron chi connectivity index (χ2n) is 5.02. The molecular formula is C12H22N2O2. The summed E-state index contributed by atoms with van der Waals surface area (Å²) in [6, 6.07) is -0.154. The topological polar surface area (TPSA) is 41.6 Å². The molecule has 2 rings (SSSR count). The zero-order valence-corrected chi connectivity index (χ0v) is 10.2. The normalized spacial score (nSPS) is 30.9. The summed E-state index contributed by atoms with van der Waals surface area (Å²) in [7, 11) is 1.91. The molecule has 1 amide bonds. The average molecular weight is 226 g/mol. The molecule has 0 bridgehead atoms. The smallest absolute Gasteiger partial charge is 0.242 e. The van der Waals surface area contributed by atoms with Crippen LogP contribution in [0.15, 0.2) is 0 Å². The Hall–Kier alpha value is -0.610. The van der Waals surface area contributed by atoms with E-state index in [2.05, 4.69) is 5.32 Å². The van der Waals surface area contributed by atoms with Gasteiger partial charge in [-0.3, -0.25) is 4.79 Å². The molecule has 0 radical (unpaired) electrons. The highest BCUT2D eigenvalue weighted by molar-refractivity contribution is 5.82. The lowest BCUT2D eigenvalue weighted by Gasteiger charge is -2.35. The number of likely N-dealkylation sites (N-methyl/N-ethyl adjacent to an activating group) is 1. The SMILES string of the molecule is C[C@H]1OCCN[C@@H]1C(=O)N(C)CC1CCC1. The number of nitrogens with zero attached hydrogens (tertiary/aromatic N) is 1. The van der Waals surface area contributed by atoms with Crippen molar-refractivity contribution in [2.45, 2.75) is 38.3 Å². The molecule has 0 aromatic rings. The van der Waals surface area contributed by atoms with E-state index in [0.29, 0.717) is 6.61 Å². The summed E-state index contributed by atoms with van der Waals surface area (Å²) in [5, 5.41) is 3.24. The molecule has 4 nitrogen and oxygen atoms in total. The first-order valence-corrected chi connectivity index (χ1v) is 6.28. The number of carbonyl (C=O) groups is 1. The highest BCUT2D eigenvalue weighted by atomic mass is 16.5. The number of nitrogens with one attached hydrogen (secondary N) is 1. The Kier molecular flexibility index (Phi) is 3.82. The van der Waals surface area contributed by atoms with Gasteiger partial charge in [0.15, 0.2) is 0 Å². The summed E-state index contributed by atoms with van der Waals surface area (Å²) in [4.78, 5) is 14.0. The first kappa shape index (κ1) is 11.9. The minimum Gasteiger partial charge on any atom is -0.375 e. The van der Waals surface area contributed by atoms with E-state index in [1.807, 2.05) is 18.9 Å². The van der Waals surface area contributed by atoms with Gasteiger partial charge in [0.25, 0.3) is 0 Å². The monoisotopic (exact) mass is 226 g/mol. The van der Waals surface area contributed by atoms with Gasteiger partial charge in [0.1, 0.15) is 6.04 Å². The minimum atomic E-state index is -0.154. The van der Waals surface area contributed by atoms with E-state index in [4.69, 9.17) is 4.74 Å². The lowest BCUT2D eigenvalue weighted by molar-refractivity contribution is -0.139. The van der Waals surface area contributed by atoms with E-state index in [0.717, 1.165) is 19.0 Å². The second-order valence-corrected chi connectivity index (χ2v) is 5.02. The summed E-state index contributed by atoms with van der Waals surface area (Å²) in [5.74, 6) is 0.910. The molecule has 1 saturated carbocycles. The first-order chi connectivity index (χ1) is 7.68. The Bertz CT molecular complexity index is 253. The average Bonchev–Trinajstić information content (AvgIpc) is 2.23. The predicted molar refractivity (Wildman–Crippen MR) is 62.2 cm³/mol. The van der Waals surface area contributed by atoms with Crippen molar-refractivity contribution in [1.82, 2.24) is 10.2 Å². The Balaban J connectivity index is 1.84. The maximum Gasteiger partial charge on any atom is 0.242 e. The van der Waals surface area contributed by atoms with Crippen LogP contribution in [0.2, 0.25) is 0 Å². The largest absolute Gasteiger partial charge is 0.375 e. The van der Waals surface area contributed by atoms with Crippen LogP contribution < -0.4 is 5.32 Å². The van der Waals surface area contributed by atoms with E-state index >= 15 is 0 Å². The Morgan fingerprint density at radius 3 is 2.81 bits per heavy atom. The number of ether oxygens (including phenoxy) is 1. The molecule has 2 atom stereocenters. The van der Waals surface area contributed by atoms with Crippen LogP contribution in [0.5, 0.6) is 0 Å². The number of amides is 1. The first-order valence-electron chi connectivity index (χ1n) is 6.28. The van der Waals surface area contributed by atoms with Gasteiger partial charge in [0.2, 0.25) is 5.91 Å². The molecule has 1 aliphatic carbocycles. The molecule has 1 aliphatic heterocycles. The van der Waals surface area contributed by atoms with E-state index < -0.39 is 0 Å². The lowest BCUT2D eigenvalue weighted by Crippen LogP contribution is -2.56. The van der Waals surface area contributed by atoms with Crippen molar-refractivity contribution in [3.05, 3.63) is 0 Å². The molecule has 0 aromatic carbocycles. The van der Waals surface area contributed by atoms with Crippen LogP contribution in [-0.2, 0) is 9.53 Å². The summed E-state index contributed by atoms with van der Waals surface area (Å²) in [5.41, 5.74) is 0. The molecular weight excluding hydrogens is 204 g/mol. The standard InChI is InChI=1S/C12H22N2O2/c1-9-11(13-6-7-16-9)12(15)14(2)8-10-4-3-5-10/h9-11,13H,3-8H2,1-2H3/t9-,11+/m1/s1. The van der Waals surface area contributed by atoms with Crippen molar-refractivity contribution in [3.63, 3.8) is 0 Å².